The number of para-hydroxylation sites is 1. The molecular weight excluding hydrogens is 342 g/mol. The Hall–Kier alpha value is -2.63. The van der Waals surface area contributed by atoms with Crippen molar-refractivity contribution in [3.8, 4) is 0 Å². The van der Waals surface area contributed by atoms with Crippen LogP contribution in [-0.2, 0) is 0 Å². The third-order valence-electron chi connectivity index (χ3n) is 4.38. The SMILES string of the molecule is O=C1c2oc3ccccc3c(=O)c2[C@@H](c2cccc(Cl)c2)N1CCO. The maximum atomic E-state index is 13.0. The molecule has 2 heterocycles. The molecule has 0 radical (unpaired) electrons. The maximum Gasteiger partial charge on any atom is 0.290 e. The summed E-state index contributed by atoms with van der Waals surface area (Å²) in [5.74, 6) is -0.376. The van der Waals surface area contributed by atoms with Crippen molar-refractivity contribution >= 4 is 28.5 Å². The molecule has 0 unspecified atom stereocenters. The summed E-state index contributed by atoms with van der Waals surface area (Å²) >= 11 is 6.09. The molecule has 1 aromatic heterocycles. The summed E-state index contributed by atoms with van der Waals surface area (Å²) in [5, 5.41) is 10.3. The molecule has 4 rings (SSSR count). The van der Waals surface area contributed by atoms with Gasteiger partial charge in [0.1, 0.15) is 5.58 Å². The van der Waals surface area contributed by atoms with E-state index in [0.29, 0.717) is 27.1 Å². The zero-order valence-corrected chi connectivity index (χ0v) is 13.9. The van der Waals surface area contributed by atoms with E-state index in [1.165, 1.54) is 4.90 Å². The van der Waals surface area contributed by atoms with Gasteiger partial charge in [-0.3, -0.25) is 9.59 Å². The van der Waals surface area contributed by atoms with Crippen LogP contribution in [0.5, 0.6) is 0 Å². The van der Waals surface area contributed by atoms with Crippen molar-refractivity contribution in [3.05, 3.63) is 80.7 Å². The smallest absolute Gasteiger partial charge is 0.290 e. The van der Waals surface area contributed by atoms with Gasteiger partial charge in [0, 0.05) is 11.6 Å². The minimum Gasteiger partial charge on any atom is -0.450 e. The molecule has 1 amide bonds. The number of aliphatic hydroxyl groups is 1. The topological polar surface area (TPSA) is 70.8 Å². The highest BCUT2D eigenvalue weighted by molar-refractivity contribution is 6.30. The Labute approximate surface area is 148 Å². The average molecular weight is 356 g/mol. The number of rotatable bonds is 3. The first-order valence-electron chi connectivity index (χ1n) is 7.85. The Bertz CT molecular complexity index is 1040. The van der Waals surface area contributed by atoms with Gasteiger partial charge in [-0.2, -0.15) is 0 Å². The number of β-amino-alcohol motifs (C(OH)–C–C–N with tert-alkyl or cyclic N) is 1. The van der Waals surface area contributed by atoms with E-state index in [0.717, 1.165) is 0 Å². The van der Waals surface area contributed by atoms with Crippen molar-refractivity contribution in [1.29, 1.82) is 0 Å². The van der Waals surface area contributed by atoms with E-state index in [-0.39, 0.29) is 24.3 Å². The third kappa shape index (κ3) is 2.44. The van der Waals surface area contributed by atoms with Crippen molar-refractivity contribution in [2.75, 3.05) is 13.2 Å². The highest BCUT2D eigenvalue weighted by Crippen LogP contribution is 2.38. The van der Waals surface area contributed by atoms with Gasteiger partial charge in [0.2, 0.25) is 5.76 Å². The van der Waals surface area contributed by atoms with Crippen molar-refractivity contribution in [2.45, 2.75) is 6.04 Å². The van der Waals surface area contributed by atoms with Crippen LogP contribution < -0.4 is 5.43 Å². The molecule has 0 bridgehead atoms. The van der Waals surface area contributed by atoms with E-state index in [4.69, 9.17) is 16.0 Å². The molecule has 0 saturated heterocycles. The normalized spacial score (nSPS) is 16.5. The molecule has 0 aliphatic carbocycles. The van der Waals surface area contributed by atoms with Gasteiger partial charge in [0.15, 0.2) is 5.43 Å². The van der Waals surface area contributed by atoms with Gasteiger partial charge < -0.3 is 14.4 Å². The number of aliphatic hydroxyl groups excluding tert-OH is 1. The second kappa shape index (κ2) is 6.02. The lowest BCUT2D eigenvalue weighted by atomic mass is 9.98. The van der Waals surface area contributed by atoms with Gasteiger partial charge in [-0.05, 0) is 29.8 Å². The van der Waals surface area contributed by atoms with Crippen LogP contribution in [0.25, 0.3) is 11.0 Å². The van der Waals surface area contributed by atoms with Crippen LogP contribution in [-0.4, -0.2) is 29.1 Å². The van der Waals surface area contributed by atoms with Crippen LogP contribution in [0.3, 0.4) is 0 Å². The number of benzene rings is 2. The van der Waals surface area contributed by atoms with Gasteiger partial charge in [-0.25, -0.2) is 0 Å². The first-order chi connectivity index (χ1) is 12.1. The van der Waals surface area contributed by atoms with E-state index < -0.39 is 11.9 Å². The van der Waals surface area contributed by atoms with Crippen LogP contribution in [0.15, 0.2) is 57.7 Å². The first kappa shape index (κ1) is 15.9. The molecule has 5 nitrogen and oxygen atoms in total. The summed E-state index contributed by atoms with van der Waals surface area (Å²) in [4.78, 5) is 27.3. The number of carbonyl (C=O) groups is 1. The highest BCUT2D eigenvalue weighted by Gasteiger charge is 2.42. The average Bonchev–Trinajstić information content (AvgIpc) is 2.89. The highest BCUT2D eigenvalue weighted by atomic mass is 35.5. The molecule has 1 N–H and O–H groups in total. The molecule has 2 aromatic carbocycles. The number of amides is 1. The van der Waals surface area contributed by atoms with Gasteiger partial charge >= 0.3 is 0 Å². The summed E-state index contributed by atoms with van der Waals surface area (Å²) < 4.78 is 5.75. The zero-order chi connectivity index (χ0) is 17.6. The zero-order valence-electron chi connectivity index (χ0n) is 13.1. The van der Waals surface area contributed by atoms with Gasteiger partial charge in [-0.15, -0.1) is 0 Å². The molecule has 126 valence electrons. The van der Waals surface area contributed by atoms with Gasteiger partial charge in [-0.1, -0.05) is 35.9 Å². The number of hydrogen-bond donors (Lipinski definition) is 1. The van der Waals surface area contributed by atoms with Crippen molar-refractivity contribution in [1.82, 2.24) is 4.90 Å². The number of fused-ring (bicyclic) bond motifs is 2. The lowest BCUT2D eigenvalue weighted by Gasteiger charge is -2.24. The molecule has 0 fully saturated rings. The van der Waals surface area contributed by atoms with Gasteiger partial charge in [0.25, 0.3) is 5.91 Å². The van der Waals surface area contributed by atoms with Crippen LogP contribution in [0.2, 0.25) is 5.02 Å². The molecule has 1 aliphatic rings. The fraction of sp³-hybridized carbons (Fsp3) is 0.158. The molecule has 1 aliphatic heterocycles. The van der Waals surface area contributed by atoms with Crippen molar-refractivity contribution in [2.24, 2.45) is 0 Å². The quantitative estimate of drug-likeness (QED) is 0.784. The Balaban J connectivity index is 2.02. The van der Waals surface area contributed by atoms with E-state index >= 15 is 0 Å². The number of carbonyl (C=O) groups excluding carboxylic acids is 1. The molecule has 6 heteroatoms. The second-order valence-corrected chi connectivity index (χ2v) is 6.29. The summed E-state index contributed by atoms with van der Waals surface area (Å²) in [6.07, 6.45) is 0. The standard InChI is InChI=1S/C19H14ClNO4/c20-12-5-3-4-11(10-12)16-15-17(23)13-6-1-2-7-14(13)25-18(15)19(24)21(16)8-9-22/h1-7,10,16,22H,8-9H2/t16-/m1/s1. The summed E-state index contributed by atoms with van der Waals surface area (Å²) in [6.45, 7) is -0.125. The number of hydrogen-bond acceptors (Lipinski definition) is 4. The fourth-order valence-corrected chi connectivity index (χ4v) is 3.53. The molecule has 3 aromatic rings. The van der Waals surface area contributed by atoms with Crippen LogP contribution in [0.4, 0.5) is 0 Å². The monoisotopic (exact) mass is 355 g/mol. The Morgan fingerprint density at radius 2 is 1.92 bits per heavy atom. The minimum absolute atomic E-state index is 0.0297. The number of halogens is 1. The van der Waals surface area contributed by atoms with Crippen molar-refractivity contribution < 1.29 is 14.3 Å². The summed E-state index contributed by atoms with van der Waals surface area (Å²) in [5.41, 5.74) is 1.13. The molecule has 0 saturated carbocycles. The Morgan fingerprint density at radius 3 is 2.68 bits per heavy atom. The fourth-order valence-electron chi connectivity index (χ4n) is 3.33. The van der Waals surface area contributed by atoms with E-state index in [1.54, 1.807) is 48.5 Å². The molecule has 25 heavy (non-hydrogen) atoms. The Morgan fingerprint density at radius 1 is 1.12 bits per heavy atom. The third-order valence-corrected chi connectivity index (χ3v) is 4.61. The van der Waals surface area contributed by atoms with Crippen LogP contribution >= 0.6 is 11.6 Å². The van der Waals surface area contributed by atoms with E-state index in [9.17, 15) is 14.7 Å². The van der Waals surface area contributed by atoms with Crippen LogP contribution in [0, 0.1) is 0 Å². The Kier molecular flexibility index (Phi) is 3.82. The molecular formula is C19H14ClNO4. The lowest BCUT2D eigenvalue weighted by Crippen LogP contribution is -2.32. The predicted molar refractivity (Wildman–Crippen MR) is 93.9 cm³/mol. The van der Waals surface area contributed by atoms with Gasteiger partial charge in [0.05, 0.1) is 23.6 Å². The van der Waals surface area contributed by atoms with Crippen LogP contribution in [0.1, 0.15) is 27.7 Å². The molecule has 0 spiro atoms. The second-order valence-electron chi connectivity index (χ2n) is 5.85. The predicted octanol–water partition coefficient (Wildman–Crippen LogP) is 2.98. The molecule has 1 atom stereocenters. The number of nitrogens with zero attached hydrogens (tertiary/aromatic N) is 1. The largest absolute Gasteiger partial charge is 0.450 e. The lowest BCUT2D eigenvalue weighted by molar-refractivity contribution is 0.0691. The van der Waals surface area contributed by atoms with Crippen molar-refractivity contribution in [3.63, 3.8) is 0 Å². The summed E-state index contributed by atoms with van der Waals surface area (Å²) in [7, 11) is 0. The summed E-state index contributed by atoms with van der Waals surface area (Å²) in [6, 6.07) is 13.2. The van der Waals surface area contributed by atoms with E-state index in [2.05, 4.69) is 0 Å². The van der Waals surface area contributed by atoms with E-state index in [1.807, 2.05) is 0 Å². The first-order valence-corrected chi connectivity index (χ1v) is 8.22. The maximum absolute atomic E-state index is 13.0. The minimum atomic E-state index is -0.630.